The Morgan fingerprint density at radius 3 is 2.85 bits per heavy atom. The molecule has 0 aliphatic heterocycles. The Morgan fingerprint density at radius 2 is 2.04 bits per heavy atom. The highest BCUT2D eigenvalue weighted by Crippen LogP contribution is 2.30. The number of fused-ring (bicyclic) bond motifs is 1. The summed E-state index contributed by atoms with van der Waals surface area (Å²) in [5, 5.41) is 19.9. The molecule has 0 saturated heterocycles. The topological polar surface area (TPSA) is 103 Å². The minimum absolute atomic E-state index is 0.0404. The van der Waals surface area contributed by atoms with Crippen LogP contribution >= 0.6 is 0 Å². The molecule has 1 N–H and O–H groups in total. The van der Waals surface area contributed by atoms with Crippen molar-refractivity contribution < 1.29 is 9.72 Å². The standard InChI is InChI=1S/C19H19N5O3/c25-19(18-15-6-2-1-5-13(15)9-10-20-18)22-16-7-3-4-8-17(16)23-12-14(11-21-23)24(26)27/h1-2,5-6,9-12,16-17H,3-4,7-8H2,(H,22,25)/t16-,17-/m1/s1. The zero-order valence-electron chi connectivity index (χ0n) is 14.6. The van der Waals surface area contributed by atoms with Gasteiger partial charge in [-0.3, -0.25) is 24.6 Å². The van der Waals surface area contributed by atoms with Crippen LogP contribution in [-0.2, 0) is 0 Å². The van der Waals surface area contributed by atoms with Crippen LogP contribution in [0.15, 0.2) is 48.9 Å². The number of pyridine rings is 1. The minimum atomic E-state index is -0.458. The van der Waals surface area contributed by atoms with Crippen LogP contribution in [0.4, 0.5) is 5.69 Å². The van der Waals surface area contributed by atoms with Gasteiger partial charge in [-0.2, -0.15) is 5.10 Å². The number of hydrogen-bond acceptors (Lipinski definition) is 5. The van der Waals surface area contributed by atoms with Crippen molar-refractivity contribution in [1.82, 2.24) is 20.1 Å². The van der Waals surface area contributed by atoms with E-state index in [4.69, 9.17) is 0 Å². The Labute approximate surface area is 155 Å². The molecule has 0 unspecified atom stereocenters. The summed E-state index contributed by atoms with van der Waals surface area (Å²) in [6.07, 6.45) is 7.92. The number of benzene rings is 1. The number of hydrogen-bond donors (Lipinski definition) is 1. The van der Waals surface area contributed by atoms with E-state index in [1.807, 2.05) is 30.3 Å². The minimum Gasteiger partial charge on any atom is -0.346 e. The van der Waals surface area contributed by atoms with Crippen molar-refractivity contribution >= 4 is 22.4 Å². The maximum atomic E-state index is 12.9. The van der Waals surface area contributed by atoms with Crippen LogP contribution in [-0.4, -0.2) is 31.6 Å². The average molecular weight is 365 g/mol. The lowest BCUT2D eigenvalue weighted by atomic mass is 9.90. The molecule has 0 spiro atoms. The number of aromatic nitrogens is 3. The second-order valence-corrected chi connectivity index (χ2v) is 6.75. The van der Waals surface area contributed by atoms with Gasteiger partial charge in [-0.25, -0.2) is 0 Å². The van der Waals surface area contributed by atoms with Crippen LogP contribution in [0.3, 0.4) is 0 Å². The molecule has 1 aliphatic rings. The average Bonchev–Trinajstić information content (AvgIpc) is 3.18. The van der Waals surface area contributed by atoms with E-state index in [-0.39, 0.29) is 23.7 Å². The van der Waals surface area contributed by atoms with Crippen molar-refractivity contribution in [2.24, 2.45) is 0 Å². The predicted octanol–water partition coefficient (Wildman–Crippen LogP) is 3.25. The van der Waals surface area contributed by atoms with Gasteiger partial charge in [0.15, 0.2) is 0 Å². The first kappa shape index (κ1) is 17.1. The number of carbonyl (C=O) groups is 1. The summed E-state index contributed by atoms with van der Waals surface area (Å²) in [5.41, 5.74) is 0.352. The fourth-order valence-electron chi connectivity index (χ4n) is 3.74. The quantitative estimate of drug-likeness (QED) is 0.565. The molecule has 2 aromatic heterocycles. The van der Waals surface area contributed by atoms with E-state index in [0.29, 0.717) is 5.69 Å². The number of carbonyl (C=O) groups excluding carboxylic acids is 1. The number of amides is 1. The Morgan fingerprint density at radius 1 is 1.22 bits per heavy atom. The van der Waals surface area contributed by atoms with E-state index in [0.717, 1.165) is 36.5 Å². The van der Waals surface area contributed by atoms with Gasteiger partial charge in [0.25, 0.3) is 5.91 Å². The van der Waals surface area contributed by atoms with Crippen molar-refractivity contribution in [3.63, 3.8) is 0 Å². The molecule has 3 aromatic rings. The summed E-state index contributed by atoms with van der Waals surface area (Å²) in [6.45, 7) is 0. The zero-order valence-corrected chi connectivity index (χ0v) is 14.6. The third kappa shape index (κ3) is 3.38. The van der Waals surface area contributed by atoms with Crippen LogP contribution in [0.5, 0.6) is 0 Å². The number of nitrogens with zero attached hydrogens (tertiary/aromatic N) is 4. The third-order valence-electron chi connectivity index (χ3n) is 5.07. The smallest absolute Gasteiger partial charge is 0.307 e. The maximum Gasteiger partial charge on any atom is 0.307 e. The summed E-state index contributed by atoms with van der Waals surface area (Å²) in [6, 6.07) is 9.25. The molecule has 1 aromatic carbocycles. The van der Waals surface area contributed by atoms with Gasteiger partial charge in [-0.1, -0.05) is 37.1 Å². The molecule has 0 radical (unpaired) electrons. The van der Waals surface area contributed by atoms with Gasteiger partial charge in [-0.05, 0) is 24.3 Å². The molecular formula is C19H19N5O3. The molecule has 0 bridgehead atoms. The lowest BCUT2D eigenvalue weighted by Gasteiger charge is -2.32. The van der Waals surface area contributed by atoms with Crippen LogP contribution in [0.2, 0.25) is 0 Å². The molecule has 2 heterocycles. The molecule has 8 heteroatoms. The molecule has 4 rings (SSSR count). The summed E-state index contributed by atoms with van der Waals surface area (Å²) in [4.78, 5) is 27.7. The lowest BCUT2D eigenvalue weighted by molar-refractivity contribution is -0.385. The van der Waals surface area contributed by atoms with E-state index in [1.165, 1.54) is 12.4 Å². The lowest BCUT2D eigenvalue weighted by Crippen LogP contribution is -2.43. The maximum absolute atomic E-state index is 12.9. The second-order valence-electron chi connectivity index (χ2n) is 6.75. The van der Waals surface area contributed by atoms with Gasteiger partial charge in [0.1, 0.15) is 18.1 Å². The van der Waals surface area contributed by atoms with E-state index >= 15 is 0 Å². The first-order valence-electron chi connectivity index (χ1n) is 8.96. The summed E-state index contributed by atoms with van der Waals surface area (Å²) >= 11 is 0. The van der Waals surface area contributed by atoms with Gasteiger partial charge < -0.3 is 5.32 Å². The van der Waals surface area contributed by atoms with Crippen molar-refractivity contribution in [3.8, 4) is 0 Å². The molecule has 1 amide bonds. The molecule has 1 aliphatic carbocycles. The fraction of sp³-hybridized carbons (Fsp3) is 0.316. The summed E-state index contributed by atoms with van der Waals surface area (Å²) in [5.74, 6) is -0.231. The van der Waals surface area contributed by atoms with E-state index < -0.39 is 4.92 Å². The van der Waals surface area contributed by atoms with Crippen LogP contribution in [0.1, 0.15) is 42.2 Å². The predicted molar refractivity (Wildman–Crippen MR) is 99.4 cm³/mol. The van der Waals surface area contributed by atoms with E-state index in [1.54, 1.807) is 10.9 Å². The Kier molecular flexibility index (Phi) is 4.53. The van der Waals surface area contributed by atoms with Crippen LogP contribution in [0.25, 0.3) is 10.8 Å². The molecule has 1 fully saturated rings. The Bertz CT molecular complexity index is 994. The van der Waals surface area contributed by atoms with E-state index in [2.05, 4.69) is 15.4 Å². The molecule has 138 valence electrons. The van der Waals surface area contributed by atoms with Crippen molar-refractivity contribution in [3.05, 3.63) is 64.7 Å². The zero-order chi connectivity index (χ0) is 18.8. The number of rotatable bonds is 4. The third-order valence-corrected chi connectivity index (χ3v) is 5.07. The summed E-state index contributed by atoms with van der Waals surface area (Å²) in [7, 11) is 0. The van der Waals surface area contributed by atoms with Gasteiger partial charge in [0, 0.05) is 11.6 Å². The normalized spacial score (nSPS) is 19.7. The first-order valence-corrected chi connectivity index (χ1v) is 8.96. The van der Waals surface area contributed by atoms with Gasteiger partial charge in [0.2, 0.25) is 0 Å². The first-order chi connectivity index (χ1) is 13.1. The molecule has 27 heavy (non-hydrogen) atoms. The SMILES string of the molecule is O=C(N[C@@H]1CCCC[C@H]1n1cc([N+](=O)[O-])cn1)c1nccc2ccccc12. The summed E-state index contributed by atoms with van der Waals surface area (Å²) < 4.78 is 1.61. The van der Waals surface area contributed by atoms with Crippen molar-refractivity contribution in [2.45, 2.75) is 37.8 Å². The van der Waals surface area contributed by atoms with Crippen LogP contribution < -0.4 is 5.32 Å². The molecule has 8 nitrogen and oxygen atoms in total. The molecule has 2 atom stereocenters. The monoisotopic (exact) mass is 365 g/mol. The largest absolute Gasteiger partial charge is 0.346 e. The highest BCUT2D eigenvalue weighted by atomic mass is 16.6. The number of nitrogens with one attached hydrogen (secondary N) is 1. The van der Waals surface area contributed by atoms with Crippen molar-refractivity contribution in [2.75, 3.05) is 0 Å². The number of nitro groups is 1. The van der Waals surface area contributed by atoms with Gasteiger partial charge >= 0.3 is 5.69 Å². The second kappa shape index (κ2) is 7.14. The molecular weight excluding hydrogens is 346 g/mol. The highest BCUT2D eigenvalue weighted by molar-refractivity contribution is 6.05. The highest BCUT2D eigenvalue weighted by Gasteiger charge is 2.30. The van der Waals surface area contributed by atoms with Crippen molar-refractivity contribution in [1.29, 1.82) is 0 Å². The molecule has 1 saturated carbocycles. The van der Waals surface area contributed by atoms with Gasteiger partial charge in [0.05, 0.1) is 17.0 Å². The van der Waals surface area contributed by atoms with Crippen LogP contribution in [0, 0.1) is 10.1 Å². The Balaban J connectivity index is 1.59. The van der Waals surface area contributed by atoms with Gasteiger partial charge in [-0.15, -0.1) is 0 Å². The fourth-order valence-corrected chi connectivity index (χ4v) is 3.74. The van der Waals surface area contributed by atoms with E-state index in [9.17, 15) is 14.9 Å². The Hall–Kier alpha value is -3.29.